The number of hydrogen-bond donors (Lipinski definition) is 2. The second-order valence-electron chi connectivity index (χ2n) is 8.97. The van der Waals surface area contributed by atoms with Gasteiger partial charge in [0.05, 0.1) is 0 Å². The van der Waals surface area contributed by atoms with E-state index in [0.717, 1.165) is 38.8 Å². The highest BCUT2D eigenvalue weighted by Crippen LogP contribution is 2.49. The molecule has 0 aromatic heterocycles. The van der Waals surface area contributed by atoms with Crippen molar-refractivity contribution in [1.29, 1.82) is 0 Å². The van der Waals surface area contributed by atoms with Gasteiger partial charge in [-0.25, -0.2) is 8.78 Å². The van der Waals surface area contributed by atoms with Crippen LogP contribution in [0.15, 0.2) is 30.3 Å². The van der Waals surface area contributed by atoms with Crippen molar-refractivity contribution < 1.29 is 18.7 Å². The summed E-state index contributed by atoms with van der Waals surface area (Å²) in [6.07, 6.45) is 3.54. The zero-order valence-electron chi connectivity index (χ0n) is 16.3. The molecule has 1 aromatic rings. The highest BCUT2D eigenvalue weighted by atomic mass is 19.3. The summed E-state index contributed by atoms with van der Waals surface area (Å²) < 4.78 is 27.9. The molecular formula is C22H30F2N2O2. The third kappa shape index (κ3) is 3.57. The van der Waals surface area contributed by atoms with Gasteiger partial charge in [0.2, 0.25) is 5.92 Å². The van der Waals surface area contributed by atoms with Crippen LogP contribution in [0, 0.1) is 11.3 Å². The van der Waals surface area contributed by atoms with Crippen molar-refractivity contribution in [3.8, 4) is 0 Å². The van der Waals surface area contributed by atoms with Crippen LogP contribution in [0.2, 0.25) is 0 Å². The number of carbonyl (C=O) groups excluding carboxylic acids is 1. The van der Waals surface area contributed by atoms with E-state index in [1.807, 2.05) is 0 Å². The molecule has 1 amide bonds. The number of nitrogens with zero attached hydrogens (tertiary/aromatic N) is 1. The molecule has 4 rings (SSSR count). The number of carbonyl (C=O) groups is 1. The molecule has 0 radical (unpaired) electrons. The highest BCUT2D eigenvalue weighted by molar-refractivity contribution is 5.87. The van der Waals surface area contributed by atoms with E-state index in [2.05, 4.69) is 5.32 Å². The van der Waals surface area contributed by atoms with E-state index in [4.69, 9.17) is 0 Å². The fourth-order valence-corrected chi connectivity index (χ4v) is 5.41. The van der Waals surface area contributed by atoms with Crippen LogP contribution in [-0.4, -0.2) is 48.0 Å². The first-order valence-electron chi connectivity index (χ1n) is 10.5. The summed E-state index contributed by atoms with van der Waals surface area (Å²) in [7, 11) is 0. The third-order valence-electron chi connectivity index (χ3n) is 7.31. The smallest absolute Gasteiger partial charge is 0.259 e. The summed E-state index contributed by atoms with van der Waals surface area (Å²) >= 11 is 0. The molecule has 2 aliphatic heterocycles. The Morgan fingerprint density at radius 1 is 1.07 bits per heavy atom. The Hall–Kier alpha value is -1.53. The molecule has 0 unspecified atom stereocenters. The van der Waals surface area contributed by atoms with Gasteiger partial charge >= 0.3 is 0 Å². The second-order valence-corrected chi connectivity index (χ2v) is 8.97. The molecule has 4 nitrogen and oxygen atoms in total. The van der Waals surface area contributed by atoms with Crippen molar-refractivity contribution in [3.05, 3.63) is 35.9 Å². The Balaban J connectivity index is 1.56. The van der Waals surface area contributed by atoms with Gasteiger partial charge in [0.1, 0.15) is 0 Å². The number of halogens is 2. The van der Waals surface area contributed by atoms with Crippen LogP contribution < -0.4 is 5.32 Å². The maximum absolute atomic E-state index is 13.9. The number of amides is 1. The summed E-state index contributed by atoms with van der Waals surface area (Å²) in [6, 6.07) is 8.68. The molecule has 2 heterocycles. The first-order chi connectivity index (χ1) is 13.3. The lowest BCUT2D eigenvalue weighted by molar-refractivity contribution is -0.163. The SMILES string of the molecule is O=C(N1CCC2(CCNCC2)CC1)[C@](O)(c1ccccc1)[C@@H]1CCC(F)(F)C1. The zero-order valence-corrected chi connectivity index (χ0v) is 16.3. The van der Waals surface area contributed by atoms with Gasteiger partial charge < -0.3 is 15.3 Å². The molecule has 0 bridgehead atoms. The van der Waals surface area contributed by atoms with Crippen molar-refractivity contribution in [2.24, 2.45) is 11.3 Å². The number of nitrogens with one attached hydrogen (secondary N) is 1. The molecule has 154 valence electrons. The summed E-state index contributed by atoms with van der Waals surface area (Å²) in [5, 5.41) is 15.0. The number of aliphatic hydroxyl groups is 1. The molecule has 3 fully saturated rings. The van der Waals surface area contributed by atoms with Crippen LogP contribution in [0.3, 0.4) is 0 Å². The number of hydrogen-bond acceptors (Lipinski definition) is 3. The zero-order chi connectivity index (χ0) is 19.8. The lowest BCUT2D eigenvalue weighted by atomic mass is 9.71. The van der Waals surface area contributed by atoms with Crippen molar-refractivity contribution in [2.45, 2.75) is 56.5 Å². The van der Waals surface area contributed by atoms with E-state index in [0.29, 0.717) is 18.7 Å². The monoisotopic (exact) mass is 392 g/mol. The van der Waals surface area contributed by atoms with Gasteiger partial charge in [-0.3, -0.25) is 4.79 Å². The highest BCUT2D eigenvalue weighted by Gasteiger charge is 2.55. The van der Waals surface area contributed by atoms with E-state index in [9.17, 15) is 18.7 Å². The van der Waals surface area contributed by atoms with Gasteiger partial charge in [-0.2, -0.15) is 0 Å². The number of benzene rings is 1. The lowest BCUT2D eigenvalue weighted by Crippen LogP contribution is -2.55. The maximum Gasteiger partial charge on any atom is 0.259 e. The van der Waals surface area contributed by atoms with E-state index in [1.54, 1.807) is 35.2 Å². The summed E-state index contributed by atoms with van der Waals surface area (Å²) in [5.74, 6) is -3.97. The van der Waals surface area contributed by atoms with Crippen LogP contribution in [0.1, 0.15) is 50.5 Å². The summed E-state index contributed by atoms with van der Waals surface area (Å²) in [6.45, 7) is 3.21. The number of alkyl halides is 2. The molecule has 1 saturated carbocycles. The van der Waals surface area contributed by atoms with Gasteiger partial charge in [-0.15, -0.1) is 0 Å². The van der Waals surface area contributed by atoms with Gasteiger partial charge in [-0.05, 0) is 56.2 Å². The minimum atomic E-state index is -2.81. The van der Waals surface area contributed by atoms with Gasteiger partial charge in [-0.1, -0.05) is 30.3 Å². The molecule has 2 saturated heterocycles. The van der Waals surface area contributed by atoms with Crippen molar-refractivity contribution in [2.75, 3.05) is 26.2 Å². The Labute approximate surface area is 165 Å². The molecule has 1 aromatic carbocycles. The Kier molecular flexibility index (Phi) is 5.21. The first-order valence-corrected chi connectivity index (χ1v) is 10.5. The van der Waals surface area contributed by atoms with Gasteiger partial charge in [0, 0.05) is 31.8 Å². The molecule has 1 spiro atoms. The lowest BCUT2D eigenvalue weighted by Gasteiger charge is -2.46. The molecule has 3 aliphatic rings. The Bertz CT molecular complexity index is 696. The quantitative estimate of drug-likeness (QED) is 0.830. The Morgan fingerprint density at radius 3 is 2.29 bits per heavy atom. The predicted octanol–water partition coefficient (Wildman–Crippen LogP) is 3.30. The van der Waals surface area contributed by atoms with E-state index < -0.39 is 29.8 Å². The summed E-state index contributed by atoms with van der Waals surface area (Å²) in [5.41, 5.74) is -1.16. The molecule has 28 heavy (non-hydrogen) atoms. The summed E-state index contributed by atoms with van der Waals surface area (Å²) in [4.78, 5) is 15.2. The average molecular weight is 392 g/mol. The first kappa shape index (κ1) is 19.8. The van der Waals surface area contributed by atoms with Gasteiger partial charge in [0.25, 0.3) is 5.91 Å². The minimum absolute atomic E-state index is 0.160. The van der Waals surface area contributed by atoms with Crippen LogP contribution in [0.5, 0.6) is 0 Å². The molecule has 2 N–H and O–H groups in total. The molecule has 6 heteroatoms. The van der Waals surface area contributed by atoms with E-state index >= 15 is 0 Å². The maximum atomic E-state index is 13.9. The van der Waals surface area contributed by atoms with Crippen molar-refractivity contribution in [3.63, 3.8) is 0 Å². The van der Waals surface area contributed by atoms with E-state index in [1.165, 1.54) is 0 Å². The fourth-order valence-electron chi connectivity index (χ4n) is 5.41. The normalized spacial score (nSPS) is 28.8. The standard InChI is InChI=1S/C22H30F2N2O2/c23-21(24)7-6-18(16-21)22(28,17-4-2-1-3-5-17)19(27)26-14-10-20(11-15-26)8-12-25-13-9-20/h1-5,18,25,28H,6-16H2/t18-,22+/m1/s1. The van der Waals surface area contributed by atoms with Crippen molar-refractivity contribution in [1.82, 2.24) is 10.2 Å². The van der Waals surface area contributed by atoms with Crippen molar-refractivity contribution >= 4 is 5.91 Å². The predicted molar refractivity (Wildman–Crippen MR) is 103 cm³/mol. The average Bonchev–Trinajstić information content (AvgIpc) is 3.09. The molecule has 2 atom stereocenters. The topological polar surface area (TPSA) is 52.6 Å². The second kappa shape index (κ2) is 7.38. The van der Waals surface area contributed by atoms with Gasteiger partial charge in [0.15, 0.2) is 5.60 Å². The van der Waals surface area contributed by atoms with Crippen LogP contribution in [0.4, 0.5) is 8.78 Å². The largest absolute Gasteiger partial charge is 0.375 e. The van der Waals surface area contributed by atoms with Crippen LogP contribution >= 0.6 is 0 Å². The third-order valence-corrected chi connectivity index (χ3v) is 7.31. The number of rotatable bonds is 3. The molecular weight excluding hydrogens is 362 g/mol. The fraction of sp³-hybridized carbons (Fsp3) is 0.682. The number of piperidine rings is 2. The van der Waals surface area contributed by atoms with Crippen LogP contribution in [-0.2, 0) is 10.4 Å². The van der Waals surface area contributed by atoms with Crippen LogP contribution in [0.25, 0.3) is 0 Å². The molecule has 1 aliphatic carbocycles. The number of likely N-dealkylation sites (tertiary alicyclic amines) is 1. The van der Waals surface area contributed by atoms with E-state index in [-0.39, 0.29) is 18.3 Å². The minimum Gasteiger partial charge on any atom is -0.375 e. The Morgan fingerprint density at radius 2 is 1.71 bits per heavy atom.